The fourth-order valence-corrected chi connectivity index (χ4v) is 2.00. The highest BCUT2D eigenvalue weighted by atomic mass is 35.5. The standard InChI is InChI=1S/C12H14Cl2N2OS/c1-7(2)16(6-10(15)18)12(17)8-4-3-5-9(13)11(8)14/h3-5,7H,6H2,1-2H3,(H2,15,18). The zero-order chi connectivity index (χ0) is 13.9. The van der Waals surface area contributed by atoms with E-state index >= 15 is 0 Å². The van der Waals surface area contributed by atoms with Crippen LogP contribution in [0.25, 0.3) is 0 Å². The van der Waals surface area contributed by atoms with Gasteiger partial charge in [0.05, 0.1) is 27.1 Å². The van der Waals surface area contributed by atoms with Gasteiger partial charge in [0.2, 0.25) is 0 Å². The Hall–Kier alpha value is -0.840. The van der Waals surface area contributed by atoms with Gasteiger partial charge in [-0.15, -0.1) is 0 Å². The highest BCUT2D eigenvalue weighted by molar-refractivity contribution is 7.80. The Balaban J connectivity index is 3.10. The molecule has 0 spiro atoms. The number of hydrogen-bond donors (Lipinski definition) is 1. The minimum atomic E-state index is -0.231. The largest absolute Gasteiger partial charge is 0.392 e. The number of nitrogens with zero attached hydrogens (tertiary/aromatic N) is 1. The van der Waals surface area contributed by atoms with Crippen LogP contribution in [0, 0.1) is 0 Å². The van der Waals surface area contributed by atoms with E-state index < -0.39 is 0 Å². The second-order valence-electron chi connectivity index (χ2n) is 4.09. The summed E-state index contributed by atoms with van der Waals surface area (Å²) >= 11 is 16.8. The summed E-state index contributed by atoms with van der Waals surface area (Å²) in [6.45, 7) is 3.98. The number of carbonyl (C=O) groups is 1. The van der Waals surface area contributed by atoms with Gasteiger partial charge in [0.15, 0.2) is 0 Å². The van der Waals surface area contributed by atoms with Crippen molar-refractivity contribution in [1.29, 1.82) is 0 Å². The zero-order valence-electron chi connectivity index (χ0n) is 10.1. The van der Waals surface area contributed by atoms with Gasteiger partial charge in [-0.25, -0.2) is 0 Å². The molecule has 1 aromatic rings. The molecule has 1 aromatic carbocycles. The molecular formula is C12H14Cl2N2OS. The molecule has 0 bridgehead atoms. The molecule has 0 aliphatic heterocycles. The summed E-state index contributed by atoms with van der Waals surface area (Å²) in [6, 6.07) is 4.91. The van der Waals surface area contributed by atoms with Crippen LogP contribution in [0.3, 0.4) is 0 Å². The van der Waals surface area contributed by atoms with E-state index in [1.807, 2.05) is 13.8 Å². The Morgan fingerprint density at radius 3 is 2.56 bits per heavy atom. The van der Waals surface area contributed by atoms with E-state index in [-0.39, 0.29) is 28.5 Å². The van der Waals surface area contributed by atoms with Crippen LogP contribution in [0.15, 0.2) is 18.2 Å². The molecule has 18 heavy (non-hydrogen) atoms. The number of benzene rings is 1. The molecule has 1 rings (SSSR count). The molecule has 1 amide bonds. The fourth-order valence-electron chi connectivity index (χ4n) is 1.48. The van der Waals surface area contributed by atoms with Crippen molar-refractivity contribution in [2.75, 3.05) is 6.54 Å². The molecular weight excluding hydrogens is 291 g/mol. The Morgan fingerprint density at radius 2 is 2.06 bits per heavy atom. The molecule has 3 nitrogen and oxygen atoms in total. The third kappa shape index (κ3) is 3.57. The van der Waals surface area contributed by atoms with Gasteiger partial charge in [0.25, 0.3) is 5.91 Å². The number of amides is 1. The molecule has 0 fully saturated rings. The SMILES string of the molecule is CC(C)N(CC(N)=S)C(=O)c1cccc(Cl)c1Cl. The van der Waals surface area contributed by atoms with Crippen LogP contribution >= 0.6 is 35.4 Å². The lowest BCUT2D eigenvalue weighted by atomic mass is 10.1. The highest BCUT2D eigenvalue weighted by Gasteiger charge is 2.22. The van der Waals surface area contributed by atoms with Gasteiger partial charge in [-0.3, -0.25) is 4.79 Å². The highest BCUT2D eigenvalue weighted by Crippen LogP contribution is 2.26. The molecule has 0 aliphatic rings. The van der Waals surface area contributed by atoms with Crippen LogP contribution in [0.4, 0.5) is 0 Å². The maximum Gasteiger partial charge on any atom is 0.256 e. The first-order chi connectivity index (χ1) is 8.34. The van der Waals surface area contributed by atoms with E-state index in [9.17, 15) is 4.79 Å². The van der Waals surface area contributed by atoms with Gasteiger partial charge in [0, 0.05) is 6.04 Å². The summed E-state index contributed by atoms with van der Waals surface area (Å²) in [5.41, 5.74) is 5.85. The smallest absolute Gasteiger partial charge is 0.256 e. The van der Waals surface area contributed by atoms with Crippen molar-refractivity contribution >= 4 is 46.3 Å². The molecule has 2 N–H and O–H groups in total. The Kier molecular flexibility index (Phi) is 5.38. The van der Waals surface area contributed by atoms with Crippen molar-refractivity contribution in [1.82, 2.24) is 4.90 Å². The van der Waals surface area contributed by atoms with E-state index in [1.165, 1.54) is 0 Å². The van der Waals surface area contributed by atoms with Gasteiger partial charge < -0.3 is 10.6 Å². The van der Waals surface area contributed by atoms with Crippen molar-refractivity contribution in [3.63, 3.8) is 0 Å². The van der Waals surface area contributed by atoms with Gasteiger partial charge >= 0.3 is 0 Å². The number of nitrogens with two attached hydrogens (primary N) is 1. The van der Waals surface area contributed by atoms with Crippen molar-refractivity contribution in [3.8, 4) is 0 Å². The van der Waals surface area contributed by atoms with Crippen molar-refractivity contribution in [2.24, 2.45) is 5.73 Å². The number of halogens is 2. The summed E-state index contributed by atoms with van der Waals surface area (Å²) in [4.78, 5) is 14.2. The van der Waals surface area contributed by atoms with Crippen LogP contribution < -0.4 is 5.73 Å². The second-order valence-corrected chi connectivity index (χ2v) is 5.40. The van der Waals surface area contributed by atoms with Crippen LogP contribution in [0.2, 0.25) is 10.0 Å². The quantitative estimate of drug-likeness (QED) is 0.869. The third-order valence-electron chi connectivity index (χ3n) is 2.39. The third-order valence-corrected chi connectivity index (χ3v) is 3.34. The molecule has 0 heterocycles. The van der Waals surface area contributed by atoms with Crippen LogP contribution in [-0.4, -0.2) is 28.4 Å². The zero-order valence-corrected chi connectivity index (χ0v) is 12.4. The van der Waals surface area contributed by atoms with E-state index in [0.29, 0.717) is 10.6 Å². The Bertz CT molecular complexity index is 477. The normalized spacial score (nSPS) is 10.5. The molecule has 0 aliphatic carbocycles. The average molecular weight is 305 g/mol. The van der Waals surface area contributed by atoms with Crippen molar-refractivity contribution in [3.05, 3.63) is 33.8 Å². The summed E-state index contributed by atoms with van der Waals surface area (Å²) in [6.07, 6.45) is 0. The minimum absolute atomic E-state index is 0.0333. The average Bonchev–Trinajstić information content (AvgIpc) is 2.28. The molecule has 0 aromatic heterocycles. The number of hydrogen-bond acceptors (Lipinski definition) is 2. The molecule has 6 heteroatoms. The van der Waals surface area contributed by atoms with Gasteiger partial charge in [0.1, 0.15) is 0 Å². The van der Waals surface area contributed by atoms with Crippen LogP contribution in [0.1, 0.15) is 24.2 Å². The van der Waals surface area contributed by atoms with E-state index in [0.717, 1.165) is 0 Å². The van der Waals surface area contributed by atoms with Gasteiger partial charge in [-0.1, -0.05) is 41.5 Å². The summed E-state index contributed by atoms with van der Waals surface area (Å²) in [7, 11) is 0. The van der Waals surface area contributed by atoms with Crippen LogP contribution in [-0.2, 0) is 0 Å². The minimum Gasteiger partial charge on any atom is -0.392 e. The predicted octanol–water partition coefficient (Wildman–Crippen LogP) is 3.13. The topological polar surface area (TPSA) is 46.3 Å². The number of carbonyl (C=O) groups excluding carboxylic acids is 1. The second kappa shape index (κ2) is 6.36. The maximum absolute atomic E-state index is 12.4. The summed E-state index contributed by atoms with van der Waals surface area (Å²) in [5, 5.41) is 0.597. The lowest BCUT2D eigenvalue weighted by Crippen LogP contribution is -2.42. The first kappa shape index (κ1) is 15.2. The first-order valence-electron chi connectivity index (χ1n) is 5.38. The van der Waals surface area contributed by atoms with E-state index in [1.54, 1.807) is 23.1 Å². The molecule has 0 radical (unpaired) electrons. The van der Waals surface area contributed by atoms with Crippen molar-refractivity contribution < 1.29 is 4.79 Å². The maximum atomic E-state index is 12.4. The van der Waals surface area contributed by atoms with Crippen molar-refractivity contribution in [2.45, 2.75) is 19.9 Å². The Morgan fingerprint density at radius 1 is 1.44 bits per heavy atom. The fraction of sp³-hybridized carbons (Fsp3) is 0.333. The molecule has 0 saturated heterocycles. The molecule has 0 saturated carbocycles. The number of rotatable bonds is 4. The molecule has 0 unspecified atom stereocenters. The predicted molar refractivity (Wildman–Crippen MR) is 79.4 cm³/mol. The summed E-state index contributed by atoms with van der Waals surface area (Å²) in [5.74, 6) is -0.231. The lowest BCUT2D eigenvalue weighted by molar-refractivity contribution is 0.0736. The molecule has 0 atom stereocenters. The first-order valence-corrected chi connectivity index (χ1v) is 6.54. The molecule has 98 valence electrons. The van der Waals surface area contributed by atoms with Gasteiger partial charge in [-0.2, -0.15) is 0 Å². The van der Waals surface area contributed by atoms with Crippen LogP contribution in [0.5, 0.6) is 0 Å². The monoisotopic (exact) mass is 304 g/mol. The Labute approximate surface area is 122 Å². The summed E-state index contributed by atoms with van der Waals surface area (Å²) < 4.78 is 0. The number of thiocarbonyl (C=S) groups is 1. The van der Waals surface area contributed by atoms with E-state index in [2.05, 4.69) is 0 Å². The van der Waals surface area contributed by atoms with E-state index in [4.69, 9.17) is 41.2 Å². The van der Waals surface area contributed by atoms with Gasteiger partial charge in [-0.05, 0) is 26.0 Å². The lowest BCUT2D eigenvalue weighted by Gasteiger charge is -2.26.